The molecule has 1 fully saturated rings. The maximum Gasteiger partial charge on any atom is 0.135 e. The molecule has 0 radical (unpaired) electrons. The molecule has 2 aromatic rings. The van der Waals surface area contributed by atoms with Crippen LogP contribution in [0.2, 0.25) is 5.02 Å². The van der Waals surface area contributed by atoms with Gasteiger partial charge >= 0.3 is 0 Å². The van der Waals surface area contributed by atoms with Gasteiger partial charge in [-0.3, -0.25) is 9.69 Å². The summed E-state index contributed by atoms with van der Waals surface area (Å²) in [6.07, 6.45) is 1.31. The Morgan fingerprint density at radius 2 is 1.78 bits per heavy atom. The van der Waals surface area contributed by atoms with Gasteiger partial charge in [0, 0.05) is 37.5 Å². The fourth-order valence-corrected chi connectivity index (χ4v) is 3.07. The van der Waals surface area contributed by atoms with Crippen molar-refractivity contribution in [1.29, 1.82) is 0 Å². The molecule has 0 aromatic heterocycles. The fourth-order valence-electron chi connectivity index (χ4n) is 2.94. The quantitative estimate of drug-likeness (QED) is 0.842. The van der Waals surface area contributed by atoms with E-state index >= 15 is 0 Å². The normalized spacial score (nSPS) is 15.7. The molecule has 23 heavy (non-hydrogen) atoms. The molecule has 1 saturated heterocycles. The summed E-state index contributed by atoms with van der Waals surface area (Å²) in [6.45, 7) is 2.48. The Morgan fingerprint density at radius 1 is 1.09 bits per heavy atom. The van der Waals surface area contributed by atoms with Crippen molar-refractivity contribution in [3.05, 3.63) is 53.1 Å². The fraction of sp³-hybridized carbons (Fsp3) is 0.316. The number of hydrogen-bond donors (Lipinski definition) is 0. The van der Waals surface area contributed by atoms with Crippen molar-refractivity contribution in [1.82, 2.24) is 4.90 Å². The van der Waals surface area contributed by atoms with Crippen LogP contribution in [0.15, 0.2) is 42.5 Å². The summed E-state index contributed by atoms with van der Waals surface area (Å²) in [4.78, 5) is 13.8. The summed E-state index contributed by atoms with van der Waals surface area (Å²) in [5.41, 5.74) is 3.53. The summed E-state index contributed by atoms with van der Waals surface area (Å²) in [5.74, 6) is 1.22. The number of rotatable bonds is 4. The number of ketones is 1. The summed E-state index contributed by atoms with van der Waals surface area (Å²) in [7, 11) is 1.68. The van der Waals surface area contributed by atoms with Gasteiger partial charge in [0.2, 0.25) is 0 Å². The molecule has 0 aliphatic carbocycles. The predicted octanol–water partition coefficient (Wildman–Crippen LogP) is 4.18. The van der Waals surface area contributed by atoms with Gasteiger partial charge in [-0.15, -0.1) is 0 Å². The number of benzene rings is 2. The van der Waals surface area contributed by atoms with Crippen LogP contribution in [0.5, 0.6) is 5.75 Å². The topological polar surface area (TPSA) is 29.5 Å². The molecule has 3 nitrogen and oxygen atoms in total. The van der Waals surface area contributed by atoms with Crippen LogP contribution in [0.4, 0.5) is 0 Å². The van der Waals surface area contributed by atoms with Crippen LogP contribution in [0.1, 0.15) is 18.4 Å². The van der Waals surface area contributed by atoms with E-state index in [0.29, 0.717) is 18.6 Å². The molecule has 4 heteroatoms. The summed E-state index contributed by atoms with van der Waals surface area (Å²) in [5, 5.41) is 0.735. The lowest BCUT2D eigenvalue weighted by Gasteiger charge is -2.27. The lowest BCUT2D eigenvalue weighted by atomic mass is 9.98. The highest BCUT2D eigenvalue weighted by Crippen LogP contribution is 2.30. The molecule has 120 valence electrons. The third-order valence-corrected chi connectivity index (χ3v) is 4.53. The van der Waals surface area contributed by atoms with Crippen LogP contribution in [0.25, 0.3) is 11.1 Å². The number of likely N-dealkylation sites (tertiary alicyclic amines) is 1. The lowest BCUT2D eigenvalue weighted by Crippen LogP contribution is -2.33. The van der Waals surface area contributed by atoms with Crippen molar-refractivity contribution in [2.45, 2.75) is 19.4 Å². The largest absolute Gasteiger partial charge is 0.497 e. The Labute approximate surface area is 141 Å². The van der Waals surface area contributed by atoms with Crippen LogP contribution in [-0.2, 0) is 11.3 Å². The van der Waals surface area contributed by atoms with E-state index in [9.17, 15) is 4.79 Å². The van der Waals surface area contributed by atoms with Gasteiger partial charge in [-0.1, -0.05) is 29.8 Å². The Bertz CT molecular complexity index is 687. The Kier molecular flexibility index (Phi) is 4.99. The van der Waals surface area contributed by atoms with E-state index in [-0.39, 0.29) is 0 Å². The average Bonchev–Trinajstić information content (AvgIpc) is 2.58. The molecule has 1 aliphatic rings. The second-order valence-corrected chi connectivity index (χ2v) is 6.28. The van der Waals surface area contributed by atoms with E-state index in [0.717, 1.165) is 36.0 Å². The van der Waals surface area contributed by atoms with Crippen molar-refractivity contribution in [2.75, 3.05) is 20.2 Å². The third kappa shape index (κ3) is 3.92. The van der Waals surface area contributed by atoms with Gasteiger partial charge < -0.3 is 4.74 Å². The standard InChI is InChI=1S/C19H20ClNO2/c1-23-18-6-7-19(14-2-4-16(20)5-3-14)15(12-18)13-21-10-8-17(22)9-11-21/h2-7,12H,8-11,13H2,1H3. The molecule has 0 bridgehead atoms. The number of carbonyl (C=O) groups excluding carboxylic acids is 1. The molecule has 0 amide bonds. The molecule has 0 N–H and O–H groups in total. The summed E-state index contributed by atoms with van der Waals surface area (Å²) < 4.78 is 5.38. The summed E-state index contributed by atoms with van der Waals surface area (Å²) >= 11 is 6.00. The van der Waals surface area contributed by atoms with E-state index < -0.39 is 0 Å². The van der Waals surface area contributed by atoms with E-state index in [1.165, 1.54) is 11.1 Å². The number of nitrogens with zero attached hydrogens (tertiary/aromatic N) is 1. The molecular weight excluding hydrogens is 310 g/mol. The molecule has 0 spiro atoms. The number of ether oxygens (including phenoxy) is 1. The van der Waals surface area contributed by atoms with Crippen LogP contribution < -0.4 is 4.74 Å². The van der Waals surface area contributed by atoms with Gasteiger partial charge in [-0.2, -0.15) is 0 Å². The van der Waals surface area contributed by atoms with Crippen molar-refractivity contribution in [3.63, 3.8) is 0 Å². The molecule has 0 unspecified atom stereocenters. The third-order valence-electron chi connectivity index (χ3n) is 4.28. The lowest BCUT2D eigenvalue weighted by molar-refractivity contribution is -0.121. The van der Waals surface area contributed by atoms with E-state index in [2.05, 4.69) is 17.0 Å². The van der Waals surface area contributed by atoms with Crippen LogP contribution >= 0.6 is 11.6 Å². The number of carbonyl (C=O) groups is 1. The number of hydrogen-bond acceptors (Lipinski definition) is 3. The Balaban J connectivity index is 1.89. The predicted molar refractivity (Wildman–Crippen MR) is 93.0 cm³/mol. The number of methoxy groups -OCH3 is 1. The first kappa shape index (κ1) is 16.0. The van der Waals surface area contributed by atoms with Crippen molar-refractivity contribution in [2.24, 2.45) is 0 Å². The highest BCUT2D eigenvalue weighted by Gasteiger charge is 2.18. The van der Waals surface area contributed by atoms with Crippen molar-refractivity contribution >= 4 is 17.4 Å². The number of Topliss-reactive ketones (excluding diaryl/α,β-unsaturated/α-hetero) is 1. The van der Waals surface area contributed by atoms with Crippen LogP contribution in [0, 0.1) is 0 Å². The zero-order chi connectivity index (χ0) is 16.2. The minimum absolute atomic E-state index is 0.366. The van der Waals surface area contributed by atoms with Gasteiger partial charge in [0.25, 0.3) is 0 Å². The zero-order valence-corrected chi connectivity index (χ0v) is 14.0. The first-order valence-electron chi connectivity index (χ1n) is 7.82. The van der Waals surface area contributed by atoms with Crippen LogP contribution in [-0.4, -0.2) is 30.9 Å². The zero-order valence-electron chi connectivity index (χ0n) is 13.2. The molecular formula is C19H20ClNO2. The Morgan fingerprint density at radius 3 is 2.43 bits per heavy atom. The van der Waals surface area contributed by atoms with Crippen molar-refractivity contribution in [3.8, 4) is 16.9 Å². The van der Waals surface area contributed by atoms with Gasteiger partial charge in [-0.05, 0) is 41.0 Å². The SMILES string of the molecule is COc1ccc(-c2ccc(Cl)cc2)c(CN2CCC(=O)CC2)c1. The monoisotopic (exact) mass is 329 g/mol. The molecule has 0 saturated carbocycles. The molecule has 1 heterocycles. The number of halogens is 1. The van der Waals surface area contributed by atoms with E-state index in [4.69, 9.17) is 16.3 Å². The van der Waals surface area contributed by atoms with Crippen molar-refractivity contribution < 1.29 is 9.53 Å². The highest BCUT2D eigenvalue weighted by atomic mass is 35.5. The van der Waals surface area contributed by atoms with E-state index in [1.54, 1.807) is 7.11 Å². The minimum Gasteiger partial charge on any atom is -0.497 e. The summed E-state index contributed by atoms with van der Waals surface area (Å²) in [6, 6.07) is 14.0. The first-order valence-corrected chi connectivity index (χ1v) is 8.20. The second kappa shape index (κ2) is 7.16. The van der Waals surface area contributed by atoms with Gasteiger partial charge in [-0.25, -0.2) is 0 Å². The maximum atomic E-state index is 11.4. The minimum atomic E-state index is 0.366. The smallest absolute Gasteiger partial charge is 0.135 e. The molecule has 0 atom stereocenters. The van der Waals surface area contributed by atoms with E-state index in [1.807, 2.05) is 30.3 Å². The molecule has 1 aliphatic heterocycles. The second-order valence-electron chi connectivity index (χ2n) is 5.84. The van der Waals surface area contributed by atoms with Crippen LogP contribution in [0.3, 0.4) is 0 Å². The Hall–Kier alpha value is -1.84. The maximum absolute atomic E-state index is 11.4. The average molecular weight is 330 g/mol. The molecule has 3 rings (SSSR count). The highest BCUT2D eigenvalue weighted by molar-refractivity contribution is 6.30. The van der Waals surface area contributed by atoms with Gasteiger partial charge in [0.1, 0.15) is 11.5 Å². The van der Waals surface area contributed by atoms with Gasteiger partial charge in [0.15, 0.2) is 0 Å². The van der Waals surface area contributed by atoms with Gasteiger partial charge in [0.05, 0.1) is 7.11 Å². The molecule has 2 aromatic carbocycles. The number of piperidine rings is 1. The first-order chi connectivity index (χ1) is 11.2.